The Bertz CT molecular complexity index is 1180. The van der Waals surface area contributed by atoms with E-state index in [1.807, 2.05) is 18.3 Å². The first kappa shape index (κ1) is 18.8. The van der Waals surface area contributed by atoms with Crippen LogP contribution in [0, 0.1) is 28.9 Å². The molecule has 1 aliphatic carbocycles. The highest BCUT2D eigenvalue weighted by molar-refractivity contribution is 5.82. The first-order valence-corrected chi connectivity index (χ1v) is 9.96. The van der Waals surface area contributed by atoms with Crippen LogP contribution in [0.4, 0.5) is 8.78 Å². The number of hydrogen-bond acceptors (Lipinski definition) is 3. The van der Waals surface area contributed by atoms with Crippen molar-refractivity contribution in [3.8, 4) is 6.07 Å². The highest BCUT2D eigenvalue weighted by atomic mass is 19.1. The number of aromatic nitrogens is 1. The Labute approximate surface area is 172 Å². The minimum Gasteiger partial charge on any atom is -0.344 e. The summed E-state index contributed by atoms with van der Waals surface area (Å²) in [6.07, 6.45) is 3.82. The van der Waals surface area contributed by atoms with E-state index in [9.17, 15) is 13.6 Å². The molecule has 5 nitrogen and oxygen atoms in total. The van der Waals surface area contributed by atoms with E-state index in [0.717, 1.165) is 10.9 Å². The summed E-state index contributed by atoms with van der Waals surface area (Å²) in [6.45, 7) is 0.374. The van der Waals surface area contributed by atoms with Crippen LogP contribution in [0.3, 0.4) is 0 Å². The standard InChI is InChI=1S/C23H19F2N3O2/c24-18-1-2-21-15(9-18)3-5-27(21)20-11-17(12-20)23(29)28-22(4-6-30-28)16-7-14(13-26)8-19(25)10-16/h1-3,5,7-10,17,20,22H,4,6,11-12H2/t17-,20+,22-/m0/s1. The second-order valence-electron chi connectivity index (χ2n) is 7.94. The molecule has 1 aliphatic heterocycles. The Morgan fingerprint density at radius 1 is 1.10 bits per heavy atom. The van der Waals surface area contributed by atoms with Crippen molar-refractivity contribution in [1.82, 2.24) is 9.63 Å². The lowest BCUT2D eigenvalue weighted by molar-refractivity contribution is -0.185. The molecule has 2 fully saturated rings. The molecule has 0 bridgehead atoms. The monoisotopic (exact) mass is 407 g/mol. The number of nitrogens with zero attached hydrogens (tertiary/aromatic N) is 3. The van der Waals surface area contributed by atoms with Crippen molar-refractivity contribution in [2.45, 2.75) is 31.3 Å². The van der Waals surface area contributed by atoms with E-state index in [1.54, 1.807) is 12.1 Å². The highest BCUT2D eigenvalue weighted by Gasteiger charge is 2.42. The number of hydrogen-bond donors (Lipinski definition) is 0. The van der Waals surface area contributed by atoms with Gasteiger partial charge in [-0.1, -0.05) is 0 Å². The molecular weight excluding hydrogens is 388 g/mol. The number of fused-ring (bicyclic) bond motifs is 1. The summed E-state index contributed by atoms with van der Waals surface area (Å²) in [5.74, 6) is -1.06. The van der Waals surface area contributed by atoms with Crippen molar-refractivity contribution in [3.05, 3.63) is 71.4 Å². The molecule has 0 spiro atoms. The third kappa shape index (κ3) is 3.14. The summed E-state index contributed by atoms with van der Waals surface area (Å²) in [4.78, 5) is 18.6. The molecule has 152 valence electrons. The first-order valence-electron chi connectivity index (χ1n) is 9.96. The summed E-state index contributed by atoms with van der Waals surface area (Å²) in [6, 6.07) is 12.5. The van der Waals surface area contributed by atoms with Crippen molar-refractivity contribution >= 4 is 16.8 Å². The molecule has 1 saturated heterocycles. The highest BCUT2D eigenvalue weighted by Crippen LogP contribution is 2.43. The molecule has 3 aromatic rings. The van der Waals surface area contributed by atoms with Gasteiger partial charge in [-0.3, -0.25) is 9.63 Å². The Morgan fingerprint density at radius 2 is 1.93 bits per heavy atom. The molecule has 2 aliphatic rings. The number of amides is 1. The Kier molecular flexibility index (Phi) is 4.52. The van der Waals surface area contributed by atoms with Crippen molar-refractivity contribution < 1.29 is 18.4 Å². The number of benzene rings is 2. The molecule has 5 rings (SSSR count). The second-order valence-corrected chi connectivity index (χ2v) is 7.94. The Balaban J connectivity index is 1.31. The number of rotatable bonds is 3. The number of hydroxylamine groups is 2. The van der Waals surface area contributed by atoms with Gasteiger partial charge in [-0.2, -0.15) is 5.26 Å². The van der Waals surface area contributed by atoms with Crippen LogP contribution in [0.25, 0.3) is 10.9 Å². The molecule has 0 radical (unpaired) electrons. The fraction of sp³-hybridized carbons (Fsp3) is 0.304. The summed E-state index contributed by atoms with van der Waals surface area (Å²) in [5, 5.41) is 11.3. The molecule has 2 heterocycles. The molecule has 1 amide bonds. The molecule has 1 saturated carbocycles. The summed E-state index contributed by atoms with van der Waals surface area (Å²) in [5.41, 5.74) is 1.75. The quantitative estimate of drug-likeness (QED) is 0.635. The van der Waals surface area contributed by atoms with E-state index >= 15 is 0 Å². The van der Waals surface area contributed by atoms with Crippen molar-refractivity contribution in [3.63, 3.8) is 0 Å². The lowest BCUT2D eigenvalue weighted by Crippen LogP contribution is -2.41. The zero-order valence-electron chi connectivity index (χ0n) is 16.1. The van der Waals surface area contributed by atoms with Gasteiger partial charge in [0.15, 0.2) is 0 Å². The van der Waals surface area contributed by atoms with Crippen molar-refractivity contribution in [1.29, 1.82) is 5.26 Å². The van der Waals surface area contributed by atoms with Crippen LogP contribution in [-0.4, -0.2) is 22.1 Å². The zero-order valence-corrected chi connectivity index (χ0v) is 16.1. The minimum absolute atomic E-state index is 0.112. The van der Waals surface area contributed by atoms with Crippen LogP contribution >= 0.6 is 0 Å². The van der Waals surface area contributed by atoms with E-state index < -0.39 is 11.9 Å². The fourth-order valence-electron chi connectivity index (χ4n) is 4.51. The van der Waals surface area contributed by atoms with Crippen LogP contribution in [0.5, 0.6) is 0 Å². The molecular formula is C23H19F2N3O2. The molecule has 2 aromatic carbocycles. The zero-order chi connectivity index (χ0) is 20.8. The van der Waals surface area contributed by atoms with Gasteiger partial charge >= 0.3 is 0 Å². The number of carbonyl (C=O) groups excluding carboxylic acids is 1. The van der Waals surface area contributed by atoms with Gasteiger partial charge in [0.05, 0.1) is 24.3 Å². The Hall–Kier alpha value is -3.24. The van der Waals surface area contributed by atoms with Crippen LogP contribution in [-0.2, 0) is 9.63 Å². The summed E-state index contributed by atoms with van der Waals surface area (Å²) in [7, 11) is 0. The van der Waals surface area contributed by atoms with Gasteiger partial charge in [0, 0.05) is 35.5 Å². The van der Waals surface area contributed by atoms with E-state index in [4.69, 9.17) is 10.1 Å². The predicted octanol–water partition coefficient (Wildman–Crippen LogP) is 4.65. The SMILES string of the molecule is N#Cc1cc(F)cc([C@@H]2CCON2C(=O)[C@H]2C[C@@H](n3ccc4cc(F)ccc43)C2)c1. The lowest BCUT2D eigenvalue weighted by Gasteiger charge is -2.38. The van der Waals surface area contributed by atoms with Gasteiger partial charge in [0.1, 0.15) is 11.6 Å². The number of halogens is 2. The molecule has 30 heavy (non-hydrogen) atoms. The summed E-state index contributed by atoms with van der Waals surface area (Å²) < 4.78 is 29.4. The Morgan fingerprint density at radius 3 is 2.73 bits per heavy atom. The topological polar surface area (TPSA) is 58.3 Å². The molecule has 0 unspecified atom stereocenters. The third-order valence-electron chi connectivity index (χ3n) is 6.09. The van der Waals surface area contributed by atoms with E-state index in [0.29, 0.717) is 31.4 Å². The van der Waals surface area contributed by atoms with Gasteiger partial charge in [0.25, 0.3) is 0 Å². The summed E-state index contributed by atoms with van der Waals surface area (Å²) >= 11 is 0. The number of nitriles is 1. The fourth-order valence-corrected chi connectivity index (χ4v) is 4.51. The average Bonchev–Trinajstić information content (AvgIpc) is 3.33. The largest absolute Gasteiger partial charge is 0.344 e. The van der Waals surface area contributed by atoms with Crippen LogP contribution < -0.4 is 0 Å². The maximum absolute atomic E-state index is 13.9. The normalized spacial score (nSPS) is 23.4. The van der Waals surface area contributed by atoms with Crippen LogP contribution in [0.1, 0.15) is 42.5 Å². The van der Waals surface area contributed by atoms with Crippen LogP contribution in [0.2, 0.25) is 0 Å². The molecule has 1 atom stereocenters. The molecule has 1 aromatic heterocycles. The minimum atomic E-state index is -0.497. The van der Waals surface area contributed by atoms with Crippen LogP contribution in [0.15, 0.2) is 48.7 Å². The van der Waals surface area contributed by atoms with Gasteiger partial charge in [-0.15, -0.1) is 0 Å². The maximum atomic E-state index is 13.9. The molecule has 7 heteroatoms. The van der Waals surface area contributed by atoms with E-state index in [1.165, 1.54) is 29.3 Å². The third-order valence-corrected chi connectivity index (χ3v) is 6.09. The van der Waals surface area contributed by atoms with E-state index in [2.05, 4.69) is 4.57 Å². The van der Waals surface area contributed by atoms with Crippen molar-refractivity contribution in [2.24, 2.45) is 5.92 Å². The smallest absolute Gasteiger partial charge is 0.249 e. The van der Waals surface area contributed by atoms with Gasteiger partial charge in [-0.25, -0.2) is 13.8 Å². The molecule has 0 N–H and O–H groups in total. The number of carbonyl (C=O) groups is 1. The van der Waals surface area contributed by atoms with Gasteiger partial charge < -0.3 is 4.57 Å². The lowest BCUT2D eigenvalue weighted by atomic mass is 9.79. The van der Waals surface area contributed by atoms with Crippen molar-refractivity contribution in [2.75, 3.05) is 6.61 Å². The average molecular weight is 407 g/mol. The van der Waals surface area contributed by atoms with Gasteiger partial charge in [0.2, 0.25) is 5.91 Å². The predicted molar refractivity (Wildman–Crippen MR) is 105 cm³/mol. The van der Waals surface area contributed by atoms with Gasteiger partial charge in [-0.05, 0) is 60.9 Å². The van der Waals surface area contributed by atoms with E-state index in [-0.39, 0.29) is 29.2 Å². The first-order chi connectivity index (χ1) is 14.5. The maximum Gasteiger partial charge on any atom is 0.249 e. The second kappa shape index (κ2) is 7.22.